The number of amides is 2. The van der Waals surface area contributed by atoms with Crippen molar-refractivity contribution in [2.24, 2.45) is 63.2 Å². The Morgan fingerprint density at radius 3 is 1.72 bits per heavy atom. The number of ether oxygens (including phenoxy) is 1. The Balaban J connectivity index is 0.993. The van der Waals surface area contributed by atoms with Crippen LogP contribution in [0.25, 0.3) is 0 Å². The zero-order chi connectivity index (χ0) is 55.9. The third-order valence-electron chi connectivity index (χ3n) is 19.8. The first-order chi connectivity index (χ1) is 37.3. The van der Waals surface area contributed by atoms with E-state index in [2.05, 4.69) is 54.0 Å². The summed E-state index contributed by atoms with van der Waals surface area (Å²) in [6.07, 6.45) is 19.8. The topological polar surface area (TPSA) is 121 Å². The molecular formula is C63H93F6N5O4. The van der Waals surface area contributed by atoms with Gasteiger partial charge in [0, 0.05) is 42.2 Å². The quantitative estimate of drug-likeness (QED) is 0.0383. The minimum absolute atomic E-state index is 0.00412. The van der Waals surface area contributed by atoms with E-state index in [0.717, 1.165) is 88.1 Å². The van der Waals surface area contributed by atoms with Crippen molar-refractivity contribution in [2.75, 3.05) is 30.3 Å². The molecule has 4 fully saturated rings. The number of esters is 1. The normalized spacial score (nSPS) is 28.1. The van der Waals surface area contributed by atoms with Gasteiger partial charge in [0.1, 0.15) is 0 Å². The summed E-state index contributed by atoms with van der Waals surface area (Å²) < 4.78 is 87.5. The second kappa shape index (κ2) is 28.4. The summed E-state index contributed by atoms with van der Waals surface area (Å²) in [5.74, 6) is -1.39. The molecule has 15 heteroatoms. The lowest BCUT2D eigenvalue weighted by molar-refractivity contribution is -0.176. The Morgan fingerprint density at radius 1 is 0.679 bits per heavy atom. The molecule has 2 amide bonds. The van der Waals surface area contributed by atoms with Crippen molar-refractivity contribution in [3.63, 3.8) is 0 Å². The molecule has 9 nitrogen and oxygen atoms in total. The van der Waals surface area contributed by atoms with Crippen molar-refractivity contribution in [1.82, 2.24) is 10.6 Å². The summed E-state index contributed by atoms with van der Waals surface area (Å²) >= 11 is 0. The molecule has 4 saturated carbocycles. The van der Waals surface area contributed by atoms with Gasteiger partial charge in [0.2, 0.25) is 11.8 Å². The number of anilines is 2. The van der Waals surface area contributed by atoms with Crippen LogP contribution < -0.4 is 21.3 Å². The molecule has 1 aliphatic heterocycles. The first-order valence-corrected chi connectivity index (χ1v) is 30.5. The van der Waals surface area contributed by atoms with Gasteiger partial charge in [-0.25, -0.2) is 0 Å². The molecule has 436 valence electrons. The van der Waals surface area contributed by atoms with Crippen LogP contribution in [0.2, 0.25) is 0 Å². The number of nitrogens with one attached hydrogen (secondary N) is 4. The molecule has 0 unspecified atom stereocenters. The molecule has 0 bridgehead atoms. The number of nitrogens with zero attached hydrogens (tertiary/aromatic N) is 1. The molecule has 1 heterocycles. The van der Waals surface area contributed by atoms with Gasteiger partial charge in [-0.1, -0.05) is 137 Å². The van der Waals surface area contributed by atoms with E-state index in [1.165, 1.54) is 121 Å². The van der Waals surface area contributed by atoms with E-state index in [4.69, 9.17) is 4.74 Å². The van der Waals surface area contributed by atoms with Crippen molar-refractivity contribution in [1.29, 1.82) is 0 Å². The van der Waals surface area contributed by atoms with E-state index >= 15 is 4.79 Å². The number of hydrogen-bond donors (Lipinski definition) is 4. The van der Waals surface area contributed by atoms with Gasteiger partial charge in [-0.05, 0) is 153 Å². The Bertz CT molecular complexity index is 2240. The third-order valence-corrected chi connectivity index (χ3v) is 19.8. The zero-order valence-electron chi connectivity index (χ0n) is 47.4. The van der Waals surface area contributed by atoms with Crippen molar-refractivity contribution in [3.8, 4) is 0 Å². The number of fused-ring (bicyclic) bond motifs is 5. The van der Waals surface area contributed by atoms with Gasteiger partial charge in [-0.3, -0.25) is 19.4 Å². The molecule has 0 spiro atoms. The van der Waals surface area contributed by atoms with Gasteiger partial charge >= 0.3 is 18.3 Å². The smallest absolute Gasteiger partial charge is 0.416 e. The number of aliphatic imine (C=N–C) groups is 1. The molecule has 4 aliphatic carbocycles. The van der Waals surface area contributed by atoms with Gasteiger partial charge < -0.3 is 26.0 Å². The van der Waals surface area contributed by atoms with Crippen LogP contribution in [0.1, 0.15) is 212 Å². The summed E-state index contributed by atoms with van der Waals surface area (Å²) in [6, 6.07) is 9.20. The van der Waals surface area contributed by atoms with Gasteiger partial charge in [-0.2, -0.15) is 26.3 Å². The fourth-order valence-electron chi connectivity index (χ4n) is 15.5. The molecule has 0 saturated heterocycles. The number of alkyl halides is 6. The molecule has 7 rings (SSSR count). The van der Waals surface area contributed by atoms with E-state index < -0.39 is 40.7 Å². The average molecular weight is 1100 g/mol. The van der Waals surface area contributed by atoms with Crippen LogP contribution in [0.3, 0.4) is 0 Å². The van der Waals surface area contributed by atoms with E-state index in [1.807, 2.05) is 0 Å². The van der Waals surface area contributed by atoms with Crippen molar-refractivity contribution in [3.05, 3.63) is 59.7 Å². The number of unbranched alkanes of at least 4 members (excludes halogenated alkanes) is 17. The number of benzene rings is 2. The SMILES string of the molecule is CCCCCCCCCCCCCCCCCCCCOC(=O)CC[C@@H](C)[C@H]1CC[C@H]2[C@@H]3[C@H](C(=O)Nc4ccc(C(F)(F)F)cc4)C[C@@H]4C[C@H](NC5=NCCN5)CC[C@]4(C)[C@H]3C[C@H](C(=O)Nc3ccc(C(F)(F)F)cc3)[C@]12C. The molecular weight excluding hydrogens is 1000 g/mol. The minimum Gasteiger partial charge on any atom is -0.466 e. The number of carbonyl (C=O) groups excluding carboxylic acids is 3. The summed E-state index contributed by atoms with van der Waals surface area (Å²) in [4.78, 5) is 48.0. The number of hydrogen-bond acceptors (Lipinski definition) is 7. The highest BCUT2D eigenvalue weighted by molar-refractivity contribution is 5.94. The lowest BCUT2D eigenvalue weighted by Crippen LogP contribution is -2.63. The van der Waals surface area contributed by atoms with Crippen molar-refractivity contribution < 1.29 is 45.5 Å². The van der Waals surface area contributed by atoms with Crippen LogP contribution in [0.15, 0.2) is 53.5 Å². The summed E-state index contributed by atoms with van der Waals surface area (Å²) in [7, 11) is 0. The number of guanidine groups is 1. The minimum atomic E-state index is -4.54. The van der Waals surface area contributed by atoms with E-state index in [9.17, 15) is 35.9 Å². The predicted molar refractivity (Wildman–Crippen MR) is 298 cm³/mol. The van der Waals surface area contributed by atoms with Gasteiger partial charge in [0.05, 0.1) is 24.3 Å². The summed E-state index contributed by atoms with van der Waals surface area (Å²) in [5.41, 5.74) is -2.01. The van der Waals surface area contributed by atoms with Crippen molar-refractivity contribution >= 4 is 35.1 Å². The Labute approximate surface area is 462 Å². The summed E-state index contributed by atoms with van der Waals surface area (Å²) in [5, 5.41) is 13.0. The molecule has 2 aromatic rings. The number of carbonyl (C=O) groups is 3. The van der Waals surface area contributed by atoms with E-state index in [-0.39, 0.29) is 82.5 Å². The maximum Gasteiger partial charge on any atom is 0.416 e. The highest BCUT2D eigenvalue weighted by atomic mass is 19.4. The van der Waals surface area contributed by atoms with Crippen LogP contribution in [0, 0.1) is 58.2 Å². The molecule has 11 atom stereocenters. The van der Waals surface area contributed by atoms with Gasteiger partial charge in [-0.15, -0.1) is 0 Å². The van der Waals surface area contributed by atoms with Crippen LogP contribution in [-0.4, -0.2) is 49.5 Å². The standard InChI is InChI=1S/C63H93F6N5O4/c1-5-6-7-8-9-10-11-12-13-14-15-16-17-18-19-20-21-22-39-78-55(75)34-23-43(2)51-32-33-52-56-50(57(76)72-47-28-24-44(25-29-47)62(64,65)66)41-46-40-49(74-59-70-37-38-71-59)35-36-60(46,3)53(56)42-54(61(51,52)4)58(77)73-48-30-26-45(27-31-48)63(67,68)69/h24-31,43,46,49-54,56H,5-23,32-42H2,1-4H3,(H,72,76)(H,73,77)(H2,70,71,74)/t43-,46+,49-,50-,51-,52+,53+,54-,56+,60+,61-/m1/s1. The highest BCUT2D eigenvalue weighted by Gasteiger charge is 2.68. The summed E-state index contributed by atoms with van der Waals surface area (Å²) in [6.45, 7) is 10.7. The Kier molecular flexibility index (Phi) is 22.3. The fraction of sp³-hybridized carbons (Fsp3) is 0.746. The average Bonchev–Trinajstić information content (AvgIpc) is 4.19. The van der Waals surface area contributed by atoms with Gasteiger partial charge in [0.15, 0.2) is 5.96 Å². The van der Waals surface area contributed by atoms with Crippen LogP contribution in [0.4, 0.5) is 37.7 Å². The maximum atomic E-state index is 15.1. The molecule has 4 N–H and O–H groups in total. The fourth-order valence-corrected chi connectivity index (χ4v) is 15.5. The lowest BCUT2D eigenvalue weighted by atomic mass is 9.40. The number of rotatable bonds is 28. The molecule has 0 aromatic heterocycles. The third kappa shape index (κ3) is 16.0. The molecule has 0 radical (unpaired) electrons. The van der Waals surface area contributed by atoms with E-state index in [0.29, 0.717) is 32.4 Å². The monoisotopic (exact) mass is 1100 g/mol. The first kappa shape index (κ1) is 61.3. The first-order valence-electron chi connectivity index (χ1n) is 30.5. The molecule has 5 aliphatic rings. The highest BCUT2D eigenvalue weighted by Crippen LogP contribution is 2.71. The zero-order valence-corrected chi connectivity index (χ0v) is 47.4. The largest absolute Gasteiger partial charge is 0.466 e. The Morgan fingerprint density at radius 2 is 1.21 bits per heavy atom. The van der Waals surface area contributed by atoms with Crippen LogP contribution in [0.5, 0.6) is 0 Å². The lowest BCUT2D eigenvalue weighted by Gasteiger charge is -2.64. The van der Waals surface area contributed by atoms with Crippen molar-refractivity contribution in [2.45, 2.75) is 219 Å². The number of halogens is 6. The Hall–Kier alpha value is -4.30. The maximum absolute atomic E-state index is 15.1. The molecule has 78 heavy (non-hydrogen) atoms. The van der Waals surface area contributed by atoms with E-state index in [1.54, 1.807) is 0 Å². The van der Waals surface area contributed by atoms with Crippen LogP contribution >= 0.6 is 0 Å². The second-order valence-corrected chi connectivity index (χ2v) is 24.8. The second-order valence-electron chi connectivity index (χ2n) is 24.8. The molecule has 2 aromatic carbocycles. The van der Waals surface area contributed by atoms with Gasteiger partial charge in [0.25, 0.3) is 0 Å². The van der Waals surface area contributed by atoms with Crippen LogP contribution in [-0.2, 0) is 31.5 Å². The predicted octanol–water partition coefficient (Wildman–Crippen LogP) is 16.3.